The third-order valence-corrected chi connectivity index (χ3v) is 6.56. The van der Waals surface area contributed by atoms with Crippen LogP contribution >= 0.6 is 0 Å². The molecule has 1 aromatic carbocycles. The van der Waals surface area contributed by atoms with Crippen molar-refractivity contribution in [2.24, 2.45) is 0 Å². The molecule has 0 saturated carbocycles. The van der Waals surface area contributed by atoms with Gasteiger partial charge in [-0.1, -0.05) is 0 Å². The molecule has 1 amide bonds. The standard InChI is InChI=1S/C17H18N4O5S/c1-2-20-10-18-14-8-21(6-5-12(14)17(20)23)27(24,25)11-3-4-15-13(7-11)19-16(22)9-26-15/h3-4,7,10H,2,5-6,8-9H2,1H3,(H,19,22). The Morgan fingerprint density at radius 2 is 2.11 bits per heavy atom. The van der Waals surface area contributed by atoms with Gasteiger partial charge in [-0.2, -0.15) is 4.31 Å². The molecule has 2 aliphatic rings. The van der Waals surface area contributed by atoms with Crippen LogP contribution in [-0.2, 0) is 34.3 Å². The molecule has 4 rings (SSSR count). The summed E-state index contributed by atoms with van der Waals surface area (Å²) in [6, 6.07) is 4.36. The van der Waals surface area contributed by atoms with Crippen molar-refractivity contribution < 1.29 is 17.9 Å². The minimum absolute atomic E-state index is 0.0391. The second kappa shape index (κ2) is 6.46. The Morgan fingerprint density at radius 3 is 2.89 bits per heavy atom. The first-order valence-electron chi connectivity index (χ1n) is 8.54. The Labute approximate surface area is 155 Å². The summed E-state index contributed by atoms with van der Waals surface area (Å²) < 4.78 is 34.1. The van der Waals surface area contributed by atoms with Crippen molar-refractivity contribution in [2.45, 2.75) is 31.3 Å². The maximum absolute atomic E-state index is 13.0. The second-order valence-corrected chi connectivity index (χ2v) is 8.28. The van der Waals surface area contributed by atoms with E-state index in [1.165, 1.54) is 33.4 Å². The van der Waals surface area contributed by atoms with Gasteiger partial charge < -0.3 is 10.1 Å². The zero-order chi connectivity index (χ0) is 19.2. The molecule has 9 nitrogen and oxygen atoms in total. The number of fused-ring (bicyclic) bond motifs is 2. The van der Waals surface area contributed by atoms with Gasteiger partial charge in [0, 0.05) is 18.7 Å². The van der Waals surface area contributed by atoms with E-state index >= 15 is 0 Å². The highest BCUT2D eigenvalue weighted by molar-refractivity contribution is 7.89. The lowest BCUT2D eigenvalue weighted by atomic mass is 10.1. The molecular weight excluding hydrogens is 372 g/mol. The number of nitrogens with zero attached hydrogens (tertiary/aromatic N) is 3. The predicted octanol–water partition coefficient (Wildman–Crippen LogP) is 0.341. The lowest BCUT2D eigenvalue weighted by molar-refractivity contribution is -0.118. The number of anilines is 1. The number of sulfonamides is 1. The van der Waals surface area contributed by atoms with E-state index in [0.717, 1.165) is 0 Å². The zero-order valence-electron chi connectivity index (χ0n) is 14.6. The van der Waals surface area contributed by atoms with Crippen molar-refractivity contribution in [1.82, 2.24) is 13.9 Å². The van der Waals surface area contributed by atoms with Gasteiger partial charge in [-0.15, -0.1) is 0 Å². The van der Waals surface area contributed by atoms with Gasteiger partial charge >= 0.3 is 0 Å². The average molecular weight is 390 g/mol. The van der Waals surface area contributed by atoms with Crippen molar-refractivity contribution in [1.29, 1.82) is 0 Å². The minimum Gasteiger partial charge on any atom is -0.482 e. The topological polar surface area (TPSA) is 111 Å². The fraction of sp³-hybridized carbons (Fsp3) is 0.353. The largest absolute Gasteiger partial charge is 0.482 e. The van der Waals surface area contributed by atoms with Gasteiger partial charge in [0.1, 0.15) is 5.75 Å². The summed E-state index contributed by atoms with van der Waals surface area (Å²) in [5.41, 5.74) is 1.26. The van der Waals surface area contributed by atoms with Crippen LogP contribution in [0, 0.1) is 0 Å². The van der Waals surface area contributed by atoms with Crippen LogP contribution in [0.15, 0.2) is 34.2 Å². The summed E-state index contributed by atoms with van der Waals surface area (Å²) in [6.45, 7) is 2.51. The van der Waals surface area contributed by atoms with E-state index in [9.17, 15) is 18.0 Å². The van der Waals surface area contributed by atoms with Crippen LogP contribution in [-0.4, -0.2) is 41.3 Å². The van der Waals surface area contributed by atoms with Gasteiger partial charge in [-0.3, -0.25) is 14.2 Å². The zero-order valence-corrected chi connectivity index (χ0v) is 15.5. The summed E-state index contributed by atoms with van der Waals surface area (Å²) >= 11 is 0. The summed E-state index contributed by atoms with van der Waals surface area (Å²) in [5.74, 6) is 0.0969. The lowest BCUT2D eigenvalue weighted by Crippen LogP contribution is -2.40. The molecule has 1 N–H and O–H groups in total. The van der Waals surface area contributed by atoms with E-state index in [1.807, 2.05) is 6.92 Å². The quantitative estimate of drug-likeness (QED) is 0.809. The molecule has 142 valence electrons. The summed E-state index contributed by atoms with van der Waals surface area (Å²) in [4.78, 5) is 28.2. The van der Waals surface area contributed by atoms with E-state index in [4.69, 9.17) is 4.74 Å². The first-order chi connectivity index (χ1) is 12.9. The third-order valence-electron chi connectivity index (χ3n) is 4.72. The molecule has 0 unspecified atom stereocenters. The van der Waals surface area contributed by atoms with Crippen LogP contribution < -0.4 is 15.6 Å². The highest BCUT2D eigenvalue weighted by Crippen LogP contribution is 2.32. The van der Waals surface area contributed by atoms with Gasteiger partial charge in [0.15, 0.2) is 6.61 Å². The molecule has 3 heterocycles. The lowest BCUT2D eigenvalue weighted by Gasteiger charge is -2.28. The van der Waals surface area contributed by atoms with Crippen molar-refractivity contribution in [3.05, 3.63) is 46.1 Å². The Hall–Kier alpha value is -2.72. The number of hydrogen-bond acceptors (Lipinski definition) is 6. The molecular formula is C17H18N4O5S. The van der Waals surface area contributed by atoms with Crippen molar-refractivity contribution in [2.75, 3.05) is 18.5 Å². The molecule has 2 aromatic rings. The Bertz CT molecular complexity index is 1090. The number of ether oxygens (including phenoxy) is 1. The summed E-state index contributed by atoms with van der Waals surface area (Å²) in [5, 5.41) is 2.61. The third kappa shape index (κ3) is 3.00. The molecule has 0 atom stereocenters. The van der Waals surface area contributed by atoms with E-state index in [1.54, 1.807) is 0 Å². The van der Waals surface area contributed by atoms with Crippen LogP contribution in [0.4, 0.5) is 5.69 Å². The SMILES string of the molecule is CCn1cnc2c(c1=O)CCN(S(=O)(=O)c1ccc3c(c1)NC(=O)CO3)C2. The molecule has 0 saturated heterocycles. The van der Waals surface area contributed by atoms with Crippen molar-refractivity contribution >= 4 is 21.6 Å². The first kappa shape index (κ1) is 17.7. The highest BCUT2D eigenvalue weighted by atomic mass is 32.2. The van der Waals surface area contributed by atoms with Crippen LogP contribution in [0.2, 0.25) is 0 Å². The van der Waals surface area contributed by atoms with E-state index in [-0.39, 0.29) is 36.1 Å². The summed E-state index contributed by atoms with van der Waals surface area (Å²) in [6.07, 6.45) is 1.76. The maximum Gasteiger partial charge on any atom is 0.262 e. The van der Waals surface area contributed by atoms with Gasteiger partial charge in [-0.25, -0.2) is 13.4 Å². The van der Waals surface area contributed by atoms with Gasteiger partial charge in [0.2, 0.25) is 10.0 Å². The van der Waals surface area contributed by atoms with Gasteiger partial charge in [0.05, 0.1) is 29.1 Å². The van der Waals surface area contributed by atoms with E-state index < -0.39 is 10.0 Å². The molecule has 0 radical (unpaired) electrons. The molecule has 1 aromatic heterocycles. The number of carbonyl (C=O) groups is 1. The first-order valence-corrected chi connectivity index (χ1v) is 9.98. The van der Waals surface area contributed by atoms with E-state index in [0.29, 0.717) is 35.7 Å². The fourth-order valence-corrected chi connectivity index (χ4v) is 4.67. The number of benzene rings is 1. The molecule has 0 aliphatic carbocycles. The predicted molar refractivity (Wildman–Crippen MR) is 96.0 cm³/mol. The summed E-state index contributed by atoms with van der Waals surface area (Å²) in [7, 11) is -3.81. The Kier molecular flexibility index (Phi) is 4.23. The van der Waals surface area contributed by atoms with Crippen LogP contribution in [0.3, 0.4) is 0 Å². The maximum atomic E-state index is 13.0. The minimum atomic E-state index is -3.81. The number of nitrogens with one attached hydrogen (secondary N) is 1. The normalized spacial score (nSPS) is 16.9. The molecule has 2 aliphatic heterocycles. The smallest absolute Gasteiger partial charge is 0.262 e. The molecule has 27 heavy (non-hydrogen) atoms. The van der Waals surface area contributed by atoms with E-state index in [2.05, 4.69) is 10.3 Å². The molecule has 10 heteroatoms. The number of amides is 1. The fourth-order valence-electron chi connectivity index (χ4n) is 3.24. The number of rotatable bonds is 3. The van der Waals surface area contributed by atoms with Gasteiger partial charge in [0.25, 0.3) is 11.5 Å². The molecule has 0 fully saturated rings. The Balaban J connectivity index is 1.66. The van der Waals surface area contributed by atoms with Crippen LogP contribution in [0.1, 0.15) is 18.2 Å². The molecule has 0 spiro atoms. The van der Waals surface area contributed by atoms with Crippen LogP contribution in [0.25, 0.3) is 0 Å². The average Bonchev–Trinajstić information content (AvgIpc) is 2.67. The van der Waals surface area contributed by atoms with Crippen molar-refractivity contribution in [3.8, 4) is 5.75 Å². The monoisotopic (exact) mass is 390 g/mol. The second-order valence-electron chi connectivity index (χ2n) is 6.34. The Morgan fingerprint density at radius 1 is 1.30 bits per heavy atom. The number of hydrogen-bond donors (Lipinski definition) is 1. The van der Waals surface area contributed by atoms with Crippen LogP contribution in [0.5, 0.6) is 5.75 Å². The number of aryl methyl sites for hydroxylation is 1. The highest BCUT2D eigenvalue weighted by Gasteiger charge is 2.31. The van der Waals surface area contributed by atoms with Gasteiger partial charge in [-0.05, 0) is 31.5 Å². The van der Waals surface area contributed by atoms with Crippen molar-refractivity contribution in [3.63, 3.8) is 0 Å². The number of aromatic nitrogens is 2. The number of carbonyl (C=O) groups excluding carboxylic acids is 1. The molecule has 0 bridgehead atoms.